The lowest BCUT2D eigenvalue weighted by molar-refractivity contribution is -0.870. The monoisotopic (exact) mass is 779 g/mol. The van der Waals surface area contributed by atoms with Gasteiger partial charge in [0.15, 0.2) is 0 Å². The Morgan fingerprint density at radius 1 is 0.648 bits per heavy atom. The summed E-state index contributed by atoms with van der Waals surface area (Å²) in [5, 5.41) is 13.8. The van der Waals surface area contributed by atoms with Gasteiger partial charge >= 0.3 is 0 Å². The minimum absolute atomic E-state index is 0.00619. The summed E-state index contributed by atoms with van der Waals surface area (Å²) < 4.78 is 23.1. The lowest BCUT2D eigenvalue weighted by Crippen LogP contribution is -2.46. The van der Waals surface area contributed by atoms with Gasteiger partial charge in [0, 0.05) is 6.42 Å². The molecule has 0 fully saturated rings. The highest BCUT2D eigenvalue weighted by Gasteiger charge is 2.24. The summed E-state index contributed by atoms with van der Waals surface area (Å²) in [6.45, 7) is 4.61. The van der Waals surface area contributed by atoms with Crippen molar-refractivity contribution < 1.29 is 32.9 Å². The molecule has 8 nitrogen and oxygen atoms in total. The first kappa shape index (κ1) is 52.2. The summed E-state index contributed by atoms with van der Waals surface area (Å²) in [6.07, 6.45) is 46.7. The molecule has 2 N–H and O–H groups in total. The maximum absolute atomic E-state index is 12.8. The first-order valence-electron chi connectivity index (χ1n) is 21.6. The highest BCUT2D eigenvalue weighted by molar-refractivity contribution is 7.45. The van der Waals surface area contributed by atoms with Gasteiger partial charge in [0.2, 0.25) is 5.91 Å². The number of nitrogens with one attached hydrogen (secondary N) is 1. The van der Waals surface area contributed by atoms with E-state index in [1.54, 1.807) is 0 Å². The first-order valence-corrected chi connectivity index (χ1v) is 23.1. The van der Waals surface area contributed by atoms with Crippen LogP contribution in [0, 0.1) is 0 Å². The number of carbonyl (C=O) groups excluding carboxylic acids is 1. The molecule has 314 valence electrons. The van der Waals surface area contributed by atoms with Crippen molar-refractivity contribution in [3.8, 4) is 0 Å². The average Bonchev–Trinajstić information content (AvgIpc) is 3.12. The van der Waals surface area contributed by atoms with Crippen LogP contribution in [0.15, 0.2) is 60.8 Å². The largest absolute Gasteiger partial charge is 0.756 e. The third-order valence-corrected chi connectivity index (χ3v) is 10.2. The summed E-state index contributed by atoms with van der Waals surface area (Å²) in [7, 11) is 1.24. The van der Waals surface area contributed by atoms with Gasteiger partial charge in [-0.15, -0.1) is 0 Å². The van der Waals surface area contributed by atoms with Crippen LogP contribution in [0.25, 0.3) is 0 Å². The highest BCUT2D eigenvalue weighted by Crippen LogP contribution is 2.38. The second-order valence-corrected chi connectivity index (χ2v) is 17.1. The molecule has 1 amide bonds. The Morgan fingerprint density at radius 3 is 1.57 bits per heavy atom. The molecular formula is C45H83N2O6P. The number of quaternary nitrogens is 1. The Kier molecular flexibility index (Phi) is 35.6. The quantitative estimate of drug-likeness (QED) is 0.0280. The van der Waals surface area contributed by atoms with E-state index in [1.807, 2.05) is 21.1 Å². The van der Waals surface area contributed by atoms with Crippen molar-refractivity contribution in [2.24, 2.45) is 0 Å². The van der Waals surface area contributed by atoms with Crippen molar-refractivity contribution in [1.82, 2.24) is 5.32 Å². The van der Waals surface area contributed by atoms with Crippen LogP contribution in [0.1, 0.15) is 168 Å². The zero-order valence-electron chi connectivity index (χ0n) is 35.4. The molecule has 0 aliphatic heterocycles. The molecular weight excluding hydrogens is 695 g/mol. The molecule has 0 aliphatic carbocycles. The van der Waals surface area contributed by atoms with Crippen molar-refractivity contribution in [2.75, 3.05) is 40.9 Å². The predicted octanol–water partition coefficient (Wildman–Crippen LogP) is 11.2. The van der Waals surface area contributed by atoms with E-state index < -0.39 is 20.0 Å². The summed E-state index contributed by atoms with van der Waals surface area (Å²) in [4.78, 5) is 25.2. The Hall–Kier alpha value is -1.80. The lowest BCUT2D eigenvalue weighted by atomic mass is 10.0. The number of rotatable bonds is 38. The van der Waals surface area contributed by atoms with E-state index in [0.29, 0.717) is 23.9 Å². The van der Waals surface area contributed by atoms with E-state index in [2.05, 4.69) is 79.9 Å². The van der Waals surface area contributed by atoms with Gasteiger partial charge in [0.25, 0.3) is 7.82 Å². The van der Waals surface area contributed by atoms with Crippen LogP contribution in [0.5, 0.6) is 0 Å². The van der Waals surface area contributed by atoms with Gasteiger partial charge in [-0.25, -0.2) is 0 Å². The van der Waals surface area contributed by atoms with Crippen LogP contribution >= 0.6 is 7.82 Å². The topological polar surface area (TPSA) is 108 Å². The van der Waals surface area contributed by atoms with E-state index in [4.69, 9.17) is 9.05 Å². The molecule has 0 heterocycles. The van der Waals surface area contributed by atoms with Gasteiger partial charge in [-0.05, 0) is 77.0 Å². The third kappa shape index (κ3) is 38.5. The van der Waals surface area contributed by atoms with E-state index in [-0.39, 0.29) is 25.5 Å². The predicted molar refractivity (Wildman–Crippen MR) is 228 cm³/mol. The number of phosphoric ester groups is 1. The number of amides is 1. The molecule has 0 aromatic heterocycles. The number of hydrogen-bond acceptors (Lipinski definition) is 6. The van der Waals surface area contributed by atoms with Crippen LogP contribution in [-0.4, -0.2) is 68.5 Å². The van der Waals surface area contributed by atoms with Gasteiger partial charge in [-0.2, -0.15) is 0 Å². The Morgan fingerprint density at radius 2 is 1.07 bits per heavy atom. The average molecular weight is 779 g/mol. The van der Waals surface area contributed by atoms with Gasteiger partial charge in [-0.1, -0.05) is 145 Å². The van der Waals surface area contributed by atoms with Crippen LogP contribution in [0.3, 0.4) is 0 Å². The normalized spacial score (nSPS) is 15.0. The molecule has 0 rings (SSSR count). The number of nitrogens with zero attached hydrogens (tertiary/aromatic N) is 1. The number of allylic oxidation sites excluding steroid dienone is 10. The fourth-order valence-electron chi connectivity index (χ4n) is 5.73. The minimum atomic E-state index is -4.58. The molecule has 0 aliphatic rings. The number of hydrogen-bond donors (Lipinski definition) is 2. The lowest BCUT2D eigenvalue weighted by Gasteiger charge is -2.30. The van der Waals surface area contributed by atoms with Gasteiger partial charge < -0.3 is 28.8 Å². The maximum atomic E-state index is 12.8. The highest BCUT2D eigenvalue weighted by atomic mass is 31.2. The molecule has 1 unspecified atom stereocenters. The molecule has 0 aromatic rings. The van der Waals surface area contributed by atoms with Crippen molar-refractivity contribution in [2.45, 2.75) is 180 Å². The maximum Gasteiger partial charge on any atom is 0.268 e. The van der Waals surface area contributed by atoms with Crippen LogP contribution in [-0.2, 0) is 18.4 Å². The van der Waals surface area contributed by atoms with Crippen LogP contribution < -0.4 is 10.2 Å². The fraction of sp³-hybridized carbons (Fsp3) is 0.756. The zero-order chi connectivity index (χ0) is 40.0. The molecule has 54 heavy (non-hydrogen) atoms. The molecule has 0 spiro atoms. The molecule has 0 bridgehead atoms. The molecule has 0 aromatic carbocycles. The number of aliphatic hydroxyl groups excluding tert-OH is 1. The first-order chi connectivity index (χ1) is 26.0. The van der Waals surface area contributed by atoms with Gasteiger partial charge in [-0.3, -0.25) is 9.36 Å². The van der Waals surface area contributed by atoms with Crippen molar-refractivity contribution in [1.29, 1.82) is 0 Å². The van der Waals surface area contributed by atoms with E-state index in [0.717, 1.165) is 51.4 Å². The van der Waals surface area contributed by atoms with Crippen molar-refractivity contribution in [3.05, 3.63) is 60.8 Å². The van der Waals surface area contributed by atoms with E-state index in [1.165, 1.54) is 83.5 Å². The molecule has 0 saturated carbocycles. The molecule has 0 radical (unpaired) electrons. The third-order valence-electron chi connectivity index (χ3n) is 9.23. The second kappa shape index (κ2) is 36.8. The standard InChI is InChI=1S/C45H83N2O6P/c1-6-8-10-12-14-16-18-19-20-21-22-23-24-25-26-27-29-31-33-35-37-39-45(49)46-43(42-53-54(50,51)52-41-40-47(3,4)5)44(48)38-36-34-32-30-28-17-15-13-11-9-7-2/h20-21,23-24,26-28,30-31,33,43-44,48H,6-19,22,25,29,32,34-42H2,1-5H3,(H-,46,49,50,51)/b21-20+,24-23+,27-26+,30-28+,33-31+/t43-,44+/m0/s1. The number of phosphoric acid groups is 1. The number of unbranched alkanes of at least 4 members (excludes halogenated alkanes) is 15. The van der Waals surface area contributed by atoms with Crippen LogP contribution in [0.4, 0.5) is 0 Å². The van der Waals surface area contributed by atoms with Crippen molar-refractivity contribution in [3.63, 3.8) is 0 Å². The number of aliphatic hydroxyl groups is 1. The van der Waals surface area contributed by atoms with Gasteiger partial charge in [0.1, 0.15) is 13.2 Å². The van der Waals surface area contributed by atoms with E-state index >= 15 is 0 Å². The summed E-state index contributed by atoms with van der Waals surface area (Å²) >= 11 is 0. The number of likely N-dealkylation sites (N-methyl/N-ethyl adjacent to an activating group) is 1. The molecule has 9 heteroatoms. The van der Waals surface area contributed by atoms with Gasteiger partial charge in [0.05, 0.1) is 39.9 Å². The Balaban J connectivity index is 4.49. The minimum Gasteiger partial charge on any atom is -0.756 e. The number of carbonyl (C=O) groups is 1. The Labute approximate surface area is 332 Å². The van der Waals surface area contributed by atoms with E-state index in [9.17, 15) is 19.4 Å². The van der Waals surface area contributed by atoms with Crippen LogP contribution in [0.2, 0.25) is 0 Å². The zero-order valence-corrected chi connectivity index (χ0v) is 36.3. The SMILES string of the molecule is CCCCCCC/C=C/CCCC[C@@H](O)[C@H](COP(=O)([O-])OCC[N+](C)(C)C)NC(=O)CCC/C=C/C/C=C/C/C=C/C/C=C/CCCCCCCCC. The summed E-state index contributed by atoms with van der Waals surface area (Å²) in [5.41, 5.74) is 0. The fourth-order valence-corrected chi connectivity index (χ4v) is 6.45. The molecule has 0 saturated heterocycles. The Bertz CT molecular complexity index is 1060. The smallest absolute Gasteiger partial charge is 0.268 e. The van der Waals surface area contributed by atoms with Crippen molar-refractivity contribution >= 4 is 13.7 Å². The summed E-state index contributed by atoms with van der Waals surface area (Å²) in [5.74, 6) is -0.232. The molecule has 3 atom stereocenters. The summed E-state index contributed by atoms with van der Waals surface area (Å²) in [6, 6.07) is -0.846. The second-order valence-electron chi connectivity index (χ2n) is 15.7.